The number of hydrogen-bond donors (Lipinski definition) is 1. The van der Waals surface area contributed by atoms with Gasteiger partial charge in [-0.15, -0.1) is 5.10 Å². The zero-order valence-electron chi connectivity index (χ0n) is 12.4. The summed E-state index contributed by atoms with van der Waals surface area (Å²) in [6, 6.07) is 9.98. The molecule has 6 heteroatoms. The van der Waals surface area contributed by atoms with Crippen LogP contribution in [0.25, 0.3) is 0 Å². The first-order valence-corrected chi connectivity index (χ1v) is 7.64. The van der Waals surface area contributed by atoms with Crippen LogP contribution in [0.4, 0.5) is 5.95 Å². The Morgan fingerprint density at radius 3 is 2.82 bits per heavy atom. The predicted molar refractivity (Wildman–Crippen MR) is 82.4 cm³/mol. The fourth-order valence-electron chi connectivity index (χ4n) is 2.61. The van der Waals surface area contributed by atoms with Gasteiger partial charge < -0.3 is 4.74 Å². The average molecular weight is 300 g/mol. The van der Waals surface area contributed by atoms with Gasteiger partial charge in [0.05, 0.1) is 12.6 Å². The number of aromatic nitrogens is 3. The van der Waals surface area contributed by atoms with Crippen LogP contribution in [0.1, 0.15) is 31.2 Å². The summed E-state index contributed by atoms with van der Waals surface area (Å²) in [5.41, 5.74) is 1.13. The summed E-state index contributed by atoms with van der Waals surface area (Å²) in [5.74, 6) is 0.111. The average Bonchev–Trinajstić information content (AvgIpc) is 3.18. The number of hydrogen-bond acceptors (Lipinski definition) is 4. The first kappa shape index (κ1) is 14.7. The molecule has 0 saturated heterocycles. The maximum Gasteiger partial charge on any atom is 0.252 e. The number of anilines is 1. The number of carbonyl (C=O) groups excluding carboxylic acids is 1. The van der Waals surface area contributed by atoms with Gasteiger partial charge in [0, 0.05) is 0 Å². The quantitative estimate of drug-likeness (QED) is 0.888. The van der Waals surface area contributed by atoms with Gasteiger partial charge in [0.25, 0.3) is 5.91 Å². The molecule has 1 fully saturated rings. The highest BCUT2D eigenvalue weighted by Crippen LogP contribution is 2.20. The summed E-state index contributed by atoms with van der Waals surface area (Å²) in [7, 11) is 0. The standard InChI is InChI=1S/C16H20N4O2/c21-15(11-22-14-8-4-5-9-14)18-16-17-12-20(19-16)10-13-6-2-1-3-7-13/h1-3,6-7,12,14H,4-5,8-11H2,(H,18,19,21). The lowest BCUT2D eigenvalue weighted by molar-refractivity contribution is -0.122. The van der Waals surface area contributed by atoms with E-state index in [1.165, 1.54) is 12.8 Å². The van der Waals surface area contributed by atoms with Crippen LogP contribution in [0.5, 0.6) is 0 Å². The fourth-order valence-corrected chi connectivity index (χ4v) is 2.61. The summed E-state index contributed by atoms with van der Waals surface area (Å²) in [5, 5.41) is 6.91. The Hall–Kier alpha value is -2.21. The number of benzene rings is 1. The molecular formula is C16H20N4O2. The Kier molecular flexibility index (Phi) is 4.80. The van der Waals surface area contributed by atoms with Crippen molar-refractivity contribution in [3.8, 4) is 0 Å². The Labute approximate surface area is 129 Å². The number of nitrogens with one attached hydrogen (secondary N) is 1. The molecule has 2 aromatic rings. The monoisotopic (exact) mass is 300 g/mol. The van der Waals surface area contributed by atoms with E-state index in [2.05, 4.69) is 15.4 Å². The molecular weight excluding hydrogens is 280 g/mol. The van der Waals surface area contributed by atoms with Crippen molar-refractivity contribution < 1.29 is 9.53 Å². The molecule has 0 unspecified atom stereocenters. The predicted octanol–water partition coefficient (Wildman–Crippen LogP) is 2.22. The molecule has 1 aliphatic carbocycles. The SMILES string of the molecule is O=C(COC1CCCC1)Nc1ncn(Cc2ccccc2)n1. The molecule has 3 rings (SSSR count). The van der Waals surface area contributed by atoms with E-state index < -0.39 is 0 Å². The third-order valence-corrected chi connectivity index (χ3v) is 3.73. The summed E-state index contributed by atoms with van der Waals surface area (Å²) in [6.07, 6.45) is 6.33. The van der Waals surface area contributed by atoms with E-state index in [-0.39, 0.29) is 18.6 Å². The van der Waals surface area contributed by atoms with Crippen molar-refractivity contribution in [2.75, 3.05) is 11.9 Å². The smallest absolute Gasteiger partial charge is 0.252 e. The molecule has 1 N–H and O–H groups in total. The minimum atomic E-state index is -0.204. The van der Waals surface area contributed by atoms with Gasteiger partial charge in [-0.05, 0) is 18.4 Å². The van der Waals surface area contributed by atoms with Crippen LogP contribution in [0, 0.1) is 0 Å². The van der Waals surface area contributed by atoms with Crippen LogP contribution in [0.2, 0.25) is 0 Å². The van der Waals surface area contributed by atoms with Crippen LogP contribution in [-0.2, 0) is 16.1 Å². The highest BCUT2D eigenvalue weighted by Gasteiger charge is 2.17. The number of ether oxygens (including phenoxy) is 1. The minimum Gasteiger partial charge on any atom is -0.368 e. The lowest BCUT2D eigenvalue weighted by Crippen LogP contribution is -2.22. The molecule has 1 saturated carbocycles. The summed E-state index contributed by atoms with van der Waals surface area (Å²) >= 11 is 0. The van der Waals surface area contributed by atoms with Crippen molar-refractivity contribution in [2.45, 2.75) is 38.3 Å². The molecule has 1 amide bonds. The van der Waals surface area contributed by atoms with Crippen LogP contribution in [-0.4, -0.2) is 33.4 Å². The van der Waals surface area contributed by atoms with Crippen molar-refractivity contribution in [3.63, 3.8) is 0 Å². The van der Waals surface area contributed by atoms with Crippen molar-refractivity contribution in [1.82, 2.24) is 14.8 Å². The zero-order valence-corrected chi connectivity index (χ0v) is 12.4. The second-order valence-corrected chi connectivity index (χ2v) is 5.52. The topological polar surface area (TPSA) is 69.0 Å². The lowest BCUT2D eigenvalue weighted by Gasteiger charge is -2.09. The maximum absolute atomic E-state index is 11.8. The number of nitrogens with zero attached hydrogens (tertiary/aromatic N) is 3. The maximum atomic E-state index is 11.8. The minimum absolute atomic E-state index is 0.0674. The first-order valence-electron chi connectivity index (χ1n) is 7.64. The molecule has 1 aromatic heterocycles. The van der Waals surface area contributed by atoms with Gasteiger partial charge in [-0.3, -0.25) is 10.1 Å². The van der Waals surface area contributed by atoms with E-state index in [0.29, 0.717) is 12.5 Å². The second kappa shape index (κ2) is 7.17. The lowest BCUT2D eigenvalue weighted by atomic mass is 10.2. The van der Waals surface area contributed by atoms with Crippen molar-refractivity contribution >= 4 is 11.9 Å². The molecule has 0 spiro atoms. The largest absolute Gasteiger partial charge is 0.368 e. The van der Waals surface area contributed by atoms with E-state index in [1.54, 1.807) is 11.0 Å². The first-order chi connectivity index (χ1) is 10.8. The Bertz CT molecular complexity index is 606. The molecule has 0 bridgehead atoms. The molecule has 1 aromatic carbocycles. The van der Waals surface area contributed by atoms with Gasteiger partial charge in [-0.25, -0.2) is 9.67 Å². The highest BCUT2D eigenvalue weighted by molar-refractivity contribution is 5.89. The van der Waals surface area contributed by atoms with Gasteiger partial charge >= 0.3 is 0 Å². The van der Waals surface area contributed by atoms with E-state index in [9.17, 15) is 4.79 Å². The van der Waals surface area contributed by atoms with Crippen LogP contribution >= 0.6 is 0 Å². The summed E-state index contributed by atoms with van der Waals surface area (Å²) in [6.45, 7) is 0.695. The Balaban J connectivity index is 1.47. The number of rotatable bonds is 6. The van der Waals surface area contributed by atoms with E-state index >= 15 is 0 Å². The third kappa shape index (κ3) is 4.14. The second-order valence-electron chi connectivity index (χ2n) is 5.52. The number of amides is 1. The van der Waals surface area contributed by atoms with Crippen LogP contribution in [0.15, 0.2) is 36.7 Å². The van der Waals surface area contributed by atoms with Gasteiger partial charge in [0.15, 0.2) is 0 Å². The molecule has 6 nitrogen and oxygen atoms in total. The van der Waals surface area contributed by atoms with Crippen molar-refractivity contribution in [3.05, 3.63) is 42.2 Å². The molecule has 0 radical (unpaired) electrons. The fraction of sp³-hybridized carbons (Fsp3) is 0.438. The van der Waals surface area contributed by atoms with Crippen LogP contribution < -0.4 is 5.32 Å². The summed E-state index contributed by atoms with van der Waals surface area (Å²) in [4.78, 5) is 15.9. The normalized spacial score (nSPS) is 15.1. The van der Waals surface area contributed by atoms with E-state index in [1.807, 2.05) is 30.3 Å². The number of carbonyl (C=O) groups is 1. The Morgan fingerprint density at radius 2 is 2.05 bits per heavy atom. The van der Waals surface area contributed by atoms with Gasteiger partial charge in [-0.1, -0.05) is 43.2 Å². The molecule has 116 valence electrons. The third-order valence-electron chi connectivity index (χ3n) is 3.73. The summed E-state index contributed by atoms with van der Waals surface area (Å²) < 4.78 is 7.26. The van der Waals surface area contributed by atoms with E-state index in [0.717, 1.165) is 18.4 Å². The van der Waals surface area contributed by atoms with Gasteiger partial charge in [0.2, 0.25) is 5.95 Å². The molecule has 1 aliphatic rings. The van der Waals surface area contributed by atoms with Crippen molar-refractivity contribution in [1.29, 1.82) is 0 Å². The zero-order chi connectivity index (χ0) is 15.2. The molecule has 22 heavy (non-hydrogen) atoms. The van der Waals surface area contributed by atoms with E-state index in [4.69, 9.17) is 4.74 Å². The molecule has 0 atom stereocenters. The molecule has 0 aliphatic heterocycles. The van der Waals surface area contributed by atoms with Gasteiger partial charge in [-0.2, -0.15) is 0 Å². The van der Waals surface area contributed by atoms with Crippen molar-refractivity contribution in [2.24, 2.45) is 0 Å². The van der Waals surface area contributed by atoms with Gasteiger partial charge in [0.1, 0.15) is 12.9 Å². The molecule has 1 heterocycles. The Morgan fingerprint density at radius 1 is 1.27 bits per heavy atom. The highest BCUT2D eigenvalue weighted by atomic mass is 16.5. The van der Waals surface area contributed by atoms with Crippen LogP contribution in [0.3, 0.4) is 0 Å².